The summed E-state index contributed by atoms with van der Waals surface area (Å²) in [4.78, 5) is 47.4. The number of carbonyl (C=O) groups is 2. The third-order valence-electron chi connectivity index (χ3n) is 6.30. The van der Waals surface area contributed by atoms with Gasteiger partial charge in [0.25, 0.3) is 11.8 Å². The monoisotopic (exact) mass is 582 g/mol. The highest BCUT2D eigenvalue weighted by atomic mass is 16.5. The molecule has 12 heteroatoms. The van der Waals surface area contributed by atoms with E-state index < -0.39 is 5.91 Å². The number of H-pyrrole nitrogens is 1. The standard InChI is InChI=1S/C22H21N7O2.C9H13NO2/c1-13-4-5-14-8-15(19(31-2)10-17(14)28-13)18-11-26-21(29-18)12-27-22(30)16(23)9-20-24-6-3-7-25-20;1-2-3-4-5-8(11)9-10-6-7-12-9/h3-11H,12,23H2,1-2H3,(H,26,29)(H,27,30);6-7H,2-5H2,1H3/b16-9-;. The zero-order chi connectivity index (χ0) is 30.6. The minimum atomic E-state index is -0.435. The van der Waals surface area contributed by atoms with Gasteiger partial charge in [-0.3, -0.25) is 14.6 Å². The molecule has 0 atom stereocenters. The molecule has 5 aromatic rings. The summed E-state index contributed by atoms with van der Waals surface area (Å²) in [6.45, 7) is 4.24. The Morgan fingerprint density at radius 2 is 1.91 bits per heavy atom. The van der Waals surface area contributed by atoms with Crippen LogP contribution in [0.3, 0.4) is 0 Å². The molecular formula is C31H34N8O4. The summed E-state index contributed by atoms with van der Waals surface area (Å²) < 4.78 is 10.4. The molecule has 4 N–H and O–H groups in total. The Labute approximate surface area is 248 Å². The number of hydrogen-bond acceptors (Lipinski definition) is 10. The van der Waals surface area contributed by atoms with Crippen LogP contribution in [0.1, 0.15) is 60.6 Å². The number of fused-ring (bicyclic) bond motifs is 1. The van der Waals surface area contributed by atoms with E-state index in [1.54, 1.807) is 31.8 Å². The number of aryl methyl sites for hydroxylation is 1. The Morgan fingerprint density at radius 3 is 2.63 bits per heavy atom. The molecule has 0 radical (unpaired) electrons. The lowest BCUT2D eigenvalue weighted by molar-refractivity contribution is -0.117. The Balaban J connectivity index is 0.000000296. The first-order valence-corrected chi connectivity index (χ1v) is 13.8. The highest BCUT2D eigenvalue weighted by molar-refractivity contribution is 5.96. The number of oxazole rings is 1. The first-order chi connectivity index (χ1) is 20.9. The van der Waals surface area contributed by atoms with Gasteiger partial charge in [-0.25, -0.2) is 19.9 Å². The van der Waals surface area contributed by atoms with E-state index in [0.717, 1.165) is 47.1 Å². The molecule has 0 aliphatic heterocycles. The van der Waals surface area contributed by atoms with E-state index in [1.165, 1.54) is 18.5 Å². The van der Waals surface area contributed by atoms with Crippen molar-refractivity contribution in [2.75, 3.05) is 7.11 Å². The number of methoxy groups -OCH3 is 1. The number of nitrogens with zero attached hydrogens (tertiary/aromatic N) is 5. The van der Waals surface area contributed by atoms with Crippen LogP contribution in [0, 0.1) is 6.92 Å². The number of hydrogen-bond donors (Lipinski definition) is 3. The Morgan fingerprint density at radius 1 is 1.09 bits per heavy atom. The lowest BCUT2D eigenvalue weighted by Gasteiger charge is -2.09. The minimum absolute atomic E-state index is 0.00782. The van der Waals surface area contributed by atoms with Crippen molar-refractivity contribution < 1.29 is 18.7 Å². The summed E-state index contributed by atoms with van der Waals surface area (Å²) in [7, 11) is 1.61. The van der Waals surface area contributed by atoms with E-state index in [1.807, 2.05) is 31.2 Å². The van der Waals surface area contributed by atoms with Gasteiger partial charge in [0.05, 0.1) is 37.3 Å². The lowest BCUT2D eigenvalue weighted by Crippen LogP contribution is -2.28. The molecule has 1 aromatic carbocycles. The number of Topliss-reactive ketones (excluding diaryl/α,β-unsaturated/α-hetero) is 1. The van der Waals surface area contributed by atoms with Crippen molar-refractivity contribution in [3.05, 3.63) is 90.3 Å². The number of ketones is 1. The van der Waals surface area contributed by atoms with Gasteiger partial charge in [0, 0.05) is 47.6 Å². The van der Waals surface area contributed by atoms with Crippen LogP contribution in [0.25, 0.3) is 28.2 Å². The quantitative estimate of drug-likeness (QED) is 0.112. The van der Waals surface area contributed by atoms with E-state index >= 15 is 0 Å². The Bertz CT molecular complexity index is 1680. The number of benzene rings is 1. The number of rotatable bonds is 11. The highest BCUT2D eigenvalue weighted by Gasteiger charge is 2.13. The summed E-state index contributed by atoms with van der Waals surface area (Å²) in [5, 5.41) is 3.72. The minimum Gasteiger partial charge on any atom is -0.496 e. The second kappa shape index (κ2) is 15.0. The van der Waals surface area contributed by atoms with Crippen LogP contribution in [0.15, 0.2) is 71.5 Å². The largest absolute Gasteiger partial charge is 0.496 e. The molecule has 5 rings (SSSR count). The smallest absolute Gasteiger partial charge is 0.267 e. The number of pyridine rings is 1. The van der Waals surface area contributed by atoms with Gasteiger partial charge in [0.2, 0.25) is 5.78 Å². The van der Waals surface area contributed by atoms with E-state index in [0.29, 0.717) is 23.8 Å². The number of imidazole rings is 1. The van der Waals surface area contributed by atoms with Crippen molar-refractivity contribution in [3.63, 3.8) is 0 Å². The molecule has 1 amide bonds. The van der Waals surface area contributed by atoms with Crippen molar-refractivity contribution in [2.45, 2.75) is 46.1 Å². The normalized spacial score (nSPS) is 11.1. The summed E-state index contributed by atoms with van der Waals surface area (Å²) in [5.74, 6) is 1.44. The predicted molar refractivity (Wildman–Crippen MR) is 162 cm³/mol. The van der Waals surface area contributed by atoms with Crippen LogP contribution in [0.5, 0.6) is 5.75 Å². The number of ether oxygens (including phenoxy) is 1. The van der Waals surface area contributed by atoms with Gasteiger partial charge in [-0.05, 0) is 31.5 Å². The molecule has 0 aliphatic carbocycles. The summed E-state index contributed by atoms with van der Waals surface area (Å²) in [6.07, 6.45) is 12.9. The van der Waals surface area contributed by atoms with Gasteiger partial charge in [-0.1, -0.05) is 25.8 Å². The fourth-order valence-corrected chi connectivity index (χ4v) is 4.08. The maximum absolute atomic E-state index is 12.2. The number of aromatic amines is 1. The molecule has 0 saturated heterocycles. The zero-order valence-electron chi connectivity index (χ0n) is 24.3. The van der Waals surface area contributed by atoms with Crippen LogP contribution in [0.2, 0.25) is 0 Å². The first kappa shape index (κ1) is 30.6. The van der Waals surface area contributed by atoms with E-state index in [2.05, 4.69) is 42.1 Å². The molecule has 0 saturated carbocycles. The van der Waals surface area contributed by atoms with Crippen molar-refractivity contribution in [3.8, 4) is 17.0 Å². The molecular weight excluding hydrogens is 548 g/mol. The average Bonchev–Trinajstić information content (AvgIpc) is 3.73. The molecule has 0 unspecified atom stereocenters. The molecule has 43 heavy (non-hydrogen) atoms. The zero-order valence-corrected chi connectivity index (χ0v) is 24.3. The van der Waals surface area contributed by atoms with Gasteiger partial charge in [-0.2, -0.15) is 0 Å². The molecule has 4 aromatic heterocycles. The van der Waals surface area contributed by atoms with Crippen molar-refractivity contribution in [1.82, 2.24) is 35.2 Å². The Hall–Kier alpha value is -5.39. The lowest BCUT2D eigenvalue weighted by atomic mass is 10.1. The fourth-order valence-electron chi connectivity index (χ4n) is 4.08. The third-order valence-corrected chi connectivity index (χ3v) is 6.30. The van der Waals surface area contributed by atoms with Gasteiger partial charge in [-0.15, -0.1) is 0 Å². The molecule has 0 aliphatic rings. The highest BCUT2D eigenvalue weighted by Crippen LogP contribution is 2.32. The summed E-state index contributed by atoms with van der Waals surface area (Å²) >= 11 is 0. The van der Waals surface area contributed by atoms with Crippen LogP contribution >= 0.6 is 0 Å². The summed E-state index contributed by atoms with van der Waals surface area (Å²) in [6, 6.07) is 9.56. The molecule has 0 spiro atoms. The van der Waals surface area contributed by atoms with Crippen molar-refractivity contribution in [2.24, 2.45) is 5.73 Å². The molecule has 4 heterocycles. The maximum atomic E-state index is 12.2. The van der Waals surface area contributed by atoms with Gasteiger partial charge < -0.3 is 25.2 Å². The topological polar surface area (TPSA) is 175 Å². The average molecular weight is 583 g/mol. The van der Waals surface area contributed by atoms with Crippen molar-refractivity contribution >= 4 is 28.7 Å². The number of carbonyl (C=O) groups excluding carboxylic acids is 2. The second-order valence-electron chi connectivity index (χ2n) is 9.55. The van der Waals surface area contributed by atoms with Crippen LogP contribution in [0.4, 0.5) is 0 Å². The third kappa shape index (κ3) is 8.55. The predicted octanol–water partition coefficient (Wildman–Crippen LogP) is 4.79. The van der Waals surface area contributed by atoms with E-state index in [4.69, 9.17) is 14.9 Å². The molecule has 12 nitrogen and oxygen atoms in total. The SMILES string of the molecule is CCCCCC(=O)c1ncco1.COc1cc2nc(C)ccc2cc1-c1cnc(CNC(=O)/C(N)=C/c2ncccn2)[nH]1. The number of unbranched alkanes of at least 4 members (excludes halogenated alkanes) is 2. The van der Waals surface area contributed by atoms with Gasteiger partial charge in [0.15, 0.2) is 5.82 Å². The number of amides is 1. The van der Waals surface area contributed by atoms with Gasteiger partial charge in [0.1, 0.15) is 23.5 Å². The number of nitrogens with one attached hydrogen (secondary N) is 2. The first-order valence-electron chi connectivity index (χ1n) is 13.8. The second-order valence-corrected chi connectivity index (χ2v) is 9.55. The van der Waals surface area contributed by atoms with Crippen LogP contribution < -0.4 is 15.8 Å². The molecule has 0 bridgehead atoms. The fraction of sp³-hybridized carbons (Fsp3) is 0.258. The molecule has 0 fully saturated rings. The summed E-state index contributed by atoms with van der Waals surface area (Å²) in [5.41, 5.74) is 9.26. The Kier molecular flexibility index (Phi) is 10.7. The van der Waals surface area contributed by atoms with Gasteiger partial charge >= 0.3 is 0 Å². The maximum Gasteiger partial charge on any atom is 0.267 e. The van der Waals surface area contributed by atoms with Crippen LogP contribution in [-0.4, -0.2) is 48.7 Å². The van der Waals surface area contributed by atoms with E-state index in [9.17, 15) is 9.59 Å². The number of aromatic nitrogens is 6. The number of nitrogens with two attached hydrogens (primary N) is 1. The van der Waals surface area contributed by atoms with Crippen molar-refractivity contribution in [1.29, 1.82) is 0 Å². The molecule has 222 valence electrons. The van der Waals surface area contributed by atoms with Crippen LogP contribution in [-0.2, 0) is 11.3 Å². The van der Waals surface area contributed by atoms with E-state index in [-0.39, 0.29) is 23.9 Å².